The second-order valence-corrected chi connectivity index (χ2v) is 5.83. The minimum absolute atomic E-state index is 0. The van der Waals surface area contributed by atoms with Gasteiger partial charge in [0.2, 0.25) is 0 Å². The van der Waals surface area contributed by atoms with Gasteiger partial charge in [-0.25, -0.2) is 4.21 Å². The van der Waals surface area contributed by atoms with E-state index in [4.69, 9.17) is 4.55 Å². The Morgan fingerprint density at radius 3 is 2.00 bits per heavy atom. The zero-order valence-corrected chi connectivity index (χ0v) is 13.9. The summed E-state index contributed by atoms with van der Waals surface area (Å²) in [6.45, 7) is 0. The van der Waals surface area contributed by atoms with Gasteiger partial charge in [0, 0.05) is 0 Å². The van der Waals surface area contributed by atoms with Crippen molar-refractivity contribution < 1.29 is 39.7 Å². The van der Waals surface area contributed by atoms with Gasteiger partial charge in [-0.05, 0) is 36.5 Å². The first-order valence-corrected chi connectivity index (χ1v) is 7.59. The van der Waals surface area contributed by atoms with Crippen LogP contribution in [0.2, 0.25) is 0 Å². The molecular formula is C14H21NaO2S. The first kappa shape index (κ1) is 16.4. The fourth-order valence-electron chi connectivity index (χ4n) is 2.65. The van der Waals surface area contributed by atoms with Crippen LogP contribution in [0, 0.1) is 0 Å². The van der Waals surface area contributed by atoms with E-state index in [1.165, 1.54) is 50.5 Å². The van der Waals surface area contributed by atoms with Crippen LogP contribution in [0.25, 0.3) is 0 Å². The molecule has 1 aromatic carbocycles. The largest absolute Gasteiger partial charge is 1.00 e. The van der Waals surface area contributed by atoms with Crippen LogP contribution < -0.4 is 29.6 Å². The van der Waals surface area contributed by atoms with Gasteiger partial charge in [0.05, 0.1) is 4.90 Å². The quantitative estimate of drug-likeness (QED) is 0.651. The van der Waals surface area contributed by atoms with Gasteiger partial charge in [-0.3, -0.25) is 0 Å². The van der Waals surface area contributed by atoms with Crippen LogP contribution in [0.5, 0.6) is 0 Å². The average molecular weight is 276 g/mol. The van der Waals surface area contributed by atoms with E-state index in [1.54, 1.807) is 12.1 Å². The Morgan fingerprint density at radius 2 is 1.50 bits per heavy atom. The van der Waals surface area contributed by atoms with Crippen molar-refractivity contribution in [3.63, 3.8) is 0 Å². The van der Waals surface area contributed by atoms with Gasteiger partial charge in [-0.2, -0.15) is 0 Å². The van der Waals surface area contributed by atoms with Gasteiger partial charge in [0.1, 0.15) is 0 Å². The Balaban J connectivity index is 0.00000162. The zero-order valence-electron chi connectivity index (χ0n) is 12.1. The number of hydrogen-bond acceptors (Lipinski definition) is 1. The maximum atomic E-state index is 10.9. The predicted molar refractivity (Wildman–Crippen MR) is 71.7 cm³/mol. The van der Waals surface area contributed by atoms with Crippen molar-refractivity contribution in [2.75, 3.05) is 0 Å². The van der Waals surface area contributed by atoms with Crippen LogP contribution in [0.3, 0.4) is 0 Å². The van der Waals surface area contributed by atoms with Crippen LogP contribution in [0.15, 0.2) is 29.2 Å². The van der Waals surface area contributed by atoms with Gasteiger partial charge in [0.25, 0.3) is 0 Å². The number of hydrogen-bond donors (Lipinski definition) is 1. The van der Waals surface area contributed by atoms with E-state index in [-0.39, 0.29) is 31.0 Å². The summed E-state index contributed by atoms with van der Waals surface area (Å²) in [5.41, 5.74) is 1.33. The second kappa shape index (κ2) is 8.49. The van der Waals surface area contributed by atoms with Crippen molar-refractivity contribution >= 4 is 11.1 Å². The van der Waals surface area contributed by atoms with Crippen LogP contribution >= 0.6 is 0 Å². The summed E-state index contributed by atoms with van der Waals surface area (Å²) < 4.78 is 19.9. The van der Waals surface area contributed by atoms with E-state index in [9.17, 15) is 4.21 Å². The standard InChI is InChI=1S/C14H20O2S.Na.H/c15-17(16)14-10-8-13(9-11-14)12-6-4-2-1-3-5-7-12;;/h8-12H,1-7H2,(H,15,16);;/q;+1;-1. The summed E-state index contributed by atoms with van der Waals surface area (Å²) in [5, 5.41) is 0. The van der Waals surface area contributed by atoms with E-state index >= 15 is 0 Å². The minimum atomic E-state index is -1.85. The Kier molecular flexibility index (Phi) is 7.73. The Labute approximate surface area is 136 Å². The third kappa shape index (κ3) is 4.78. The van der Waals surface area contributed by atoms with Crippen LogP contribution in [-0.4, -0.2) is 8.76 Å². The van der Waals surface area contributed by atoms with Crippen LogP contribution in [-0.2, 0) is 11.1 Å². The van der Waals surface area contributed by atoms with Gasteiger partial charge in [0.15, 0.2) is 11.1 Å². The Morgan fingerprint density at radius 1 is 1.00 bits per heavy atom. The molecule has 2 nitrogen and oxygen atoms in total. The molecule has 1 atom stereocenters. The molecule has 1 aliphatic carbocycles. The predicted octanol–water partition coefficient (Wildman–Crippen LogP) is 1.21. The third-order valence-corrected chi connectivity index (χ3v) is 4.33. The van der Waals surface area contributed by atoms with Gasteiger partial charge < -0.3 is 5.98 Å². The van der Waals surface area contributed by atoms with Crippen molar-refractivity contribution in [1.29, 1.82) is 0 Å². The molecule has 0 aliphatic heterocycles. The molecule has 1 unspecified atom stereocenters. The molecule has 1 aromatic rings. The summed E-state index contributed by atoms with van der Waals surface area (Å²) in [5.74, 6) is 0.650. The molecule has 0 heterocycles. The summed E-state index contributed by atoms with van der Waals surface area (Å²) in [6, 6.07) is 7.61. The van der Waals surface area contributed by atoms with Gasteiger partial charge in [-0.15, -0.1) is 0 Å². The first-order chi connectivity index (χ1) is 8.27. The van der Waals surface area contributed by atoms with Gasteiger partial charge >= 0.3 is 29.6 Å². The first-order valence-electron chi connectivity index (χ1n) is 6.48. The SMILES string of the molecule is O=S(O)c1ccc(C2CCCCCCC2)cc1.[H-].[Na+]. The molecule has 0 spiro atoms. The molecule has 96 valence electrons. The van der Waals surface area contributed by atoms with E-state index in [0.717, 1.165) is 0 Å². The topological polar surface area (TPSA) is 37.3 Å². The van der Waals surface area contributed by atoms with Crippen molar-refractivity contribution in [3.05, 3.63) is 29.8 Å². The monoisotopic (exact) mass is 276 g/mol. The van der Waals surface area contributed by atoms with Crippen LogP contribution in [0.1, 0.15) is 57.9 Å². The molecular weight excluding hydrogens is 255 g/mol. The van der Waals surface area contributed by atoms with Crippen molar-refractivity contribution in [1.82, 2.24) is 0 Å². The number of benzene rings is 1. The molecule has 18 heavy (non-hydrogen) atoms. The van der Waals surface area contributed by atoms with E-state index in [1.807, 2.05) is 12.1 Å². The molecule has 1 saturated carbocycles. The van der Waals surface area contributed by atoms with E-state index < -0.39 is 11.1 Å². The maximum absolute atomic E-state index is 10.9. The Bertz CT molecular complexity index is 376. The minimum Gasteiger partial charge on any atom is -1.00 e. The van der Waals surface area contributed by atoms with E-state index in [2.05, 4.69) is 0 Å². The number of rotatable bonds is 2. The van der Waals surface area contributed by atoms with E-state index in [0.29, 0.717) is 10.8 Å². The normalized spacial score (nSPS) is 19.4. The fourth-order valence-corrected chi connectivity index (χ4v) is 3.01. The second-order valence-electron chi connectivity index (χ2n) is 4.86. The molecule has 0 amide bonds. The molecule has 0 saturated heterocycles. The zero-order chi connectivity index (χ0) is 12.1. The van der Waals surface area contributed by atoms with Crippen molar-refractivity contribution in [2.24, 2.45) is 0 Å². The molecule has 1 N–H and O–H groups in total. The van der Waals surface area contributed by atoms with Crippen molar-refractivity contribution in [2.45, 2.75) is 55.8 Å². The summed E-state index contributed by atoms with van der Waals surface area (Å²) >= 11 is -1.85. The molecule has 1 fully saturated rings. The molecule has 4 heteroatoms. The van der Waals surface area contributed by atoms with Crippen molar-refractivity contribution in [3.8, 4) is 0 Å². The smallest absolute Gasteiger partial charge is 1.00 e. The molecule has 0 radical (unpaired) electrons. The summed E-state index contributed by atoms with van der Waals surface area (Å²) in [4.78, 5) is 0.500. The average Bonchev–Trinajstić information content (AvgIpc) is 2.29. The summed E-state index contributed by atoms with van der Waals surface area (Å²) in [7, 11) is 0. The molecule has 0 bridgehead atoms. The fraction of sp³-hybridized carbons (Fsp3) is 0.571. The molecule has 1 aliphatic rings. The molecule has 0 aromatic heterocycles. The summed E-state index contributed by atoms with van der Waals surface area (Å²) in [6.07, 6.45) is 9.26. The van der Waals surface area contributed by atoms with Gasteiger partial charge in [-0.1, -0.05) is 44.2 Å². The van der Waals surface area contributed by atoms with Crippen LogP contribution in [0.4, 0.5) is 0 Å². The molecule has 2 rings (SSSR count). The maximum Gasteiger partial charge on any atom is 1.00 e. The Hall–Kier alpha value is 0.330. The third-order valence-electron chi connectivity index (χ3n) is 3.66.